The average molecular weight is 224 g/mol. The van der Waals surface area contributed by atoms with Crippen LogP contribution in [-0.4, -0.2) is 9.78 Å². The molecule has 86 valence electrons. The molecule has 2 rings (SSSR count). The molecule has 2 heteroatoms. The normalized spacial score (nSPS) is 10.9. The minimum Gasteiger partial charge on any atom is -0.267 e. The lowest BCUT2D eigenvalue weighted by Crippen LogP contribution is -1.99. The molecule has 0 radical (unpaired) electrons. The SMILES string of the molecule is C=C/C=C\c1cn(Cc2ccccc2)nc1C. The predicted octanol–water partition coefficient (Wildman–Crippen LogP) is 3.44. The highest BCUT2D eigenvalue weighted by molar-refractivity contribution is 5.52. The molecular formula is C15H16N2. The van der Waals surface area contributed by atoms with Crippen molar-refractivity contribution in [2.75, 3.05) is 0 Å². The number of allylic oxidation sites excluding steroid dienone is 2. The van der Waals surface area contributed by atoms with E-state index in [1.165, 1.54) is 5.56 Å². The first-order chi connectivity index (χ1) is 8.29. The molecule has 0 bridgehead atoms. The van der Waals surface area contributed by atoms with Crippen molar-refractivity contribution in [3.05, 3.63) is 72.1 Å². The van der Waals surface area contributed by atoms with E-state index in [0.717, 1.165) is 17.8 Å². The Bertz CT molecular complexity index is 521. The van der Waals surface area contributed by atoms with Crippen molar-refractivity contribution in [1.29, 1.82) is 0 Å². The molecular weight excluding hydrogens is 208 g/mol. The summed E-state index contributed by atoms with van der Waals surface area (Å²) in [6.07, 6.45) is 7.78. The summed E-state index contributed by atoms with van der Waals surface area (Å²) in [6, 6.07) is 10.3. The van der Waals surface area contributed by atoms with Crippen molar-refractivity contribution in [2.45, 2.75) is 13.5 Å². The minimum absolute atomic E-state index is 0.809. The number of rotatable bonds is 4. The van der Waals surface area contributed by atoms with E-state index in [1.807, 2.05) is 42.0 Å². The van der Waals surface area contributed by atoms with E-state index in [9.17, 15) is 0 Å². The Kier molecular flexibility index (Phi) is 3.55. The Morgan fingerprint density at radius 1 is 1.29 bits per heavy atom. The third-order valence-corrected chi connectivity index (χ3v) is 2.58. The number of aryl methyl sites for hydroxylation is 1. The summed E-state index contributed by atoms with van der Waals surface area (Å²) >= 11 is 0. The summed E-state index contributed by atoms with van der Waals surface area (Å²) in [7, 11) is 0. The first-order valence-corrected chi connectivity index (χ1v) is 5.66. The zero-order valence-corrected chi connectivity index (χ0v) is 10.0. The number of benzene rings is 1. The van der Waals surface area contributed by atoms with E-state index >= 15 is 0 Å². The Hall–Kier alpha value is -2.09. The van der Waals surface area contributed by atoms with E-state index in [-0.39, 0.29) is 0 Å². The van der Waals surface area contributed by atoms with Crippen molar-refractivity contribution in [3.8, 4) is 0 Å². The van der Waals surface area contributed by atoms with Crippen LogP contribution in [0.1, 0.15) is 16.8 Å². The van der Waals surface area contributed by atoms with Gasteiger partial charge in [0.2, 0.25) is 0 Å². The van der Waals surface area contributed by atoms with Crippen molar-refractivity contribution < 1.29 is 0 Å². The van der Waals surface area contributed by atoms with Crippen LogP contribution in [0, 0.1) is 6.92 Å². The Balaban J connectivity index is 2.18. The molecule has 0 unspecified atom stereocenters. The van der Waals surface area contributed by atoms with E-state index in [1.54, 1.807) is 6.08 Å². The van der Waals surface area contributed by atoms with Gasteiger partial charge in [0.15, 0.2) is 0 Å². The molecule has 17 heavy (non-hydrogen) atoms. The molecule has 2 nitrogen and oxygen atoms in total. The molecule has 1 aromatic heterocycles. The standard InChI is InChI=1S/C15H16N2/c1-3-4-10-15-12-17(16-13(15)2)11-14-8-6-5-7-9-14/h3-10,12H,1,11H2,2H3/b10-4-. The molecule has 1 aromatic carbocycles. The van der Waals surface area contributed by atoms with Gasteiger partial charge in [0, 0.05) is 11.8 Å². The van der Waals surface area contributed by atoms with Crippen LogP contribution >= 0.6 is 0 Å². The lowest BCUT2D eigenvalue weighted by molar-refractivity contribution is 0.679. The first kappa shape index (κ1) is 11.4. The molecule has 0 aliphatic rings. The fraction of sp³-hybridized carbons (Fsp3) is 0.133. The summed E-state index contributed by atoms with van der Waals surface area (Å²) in [5, 5.41) is 4.49. The van der Waals surface area contributed by atoms with Gasteiger partial charge in [0.05, 0.1) is 12.2 Å². The van der Waals surface area contributed by atoms with Crippen molar-refractivity contribution in [3.63, 3.8) is 0 Å². The van der Waals surface area contributed by atoms with Crippen molar-refractivity contribution in [2.24, 2.45) is 0 Å². The fourth-order valence-electron chi connectivity index (χ4n) is 1.72. The molecule has 1 heterocycles. The fourth-order valence-corrected chi connectivity index (χ4v) is 1.72. The smallest absolute Gasteiger partial charge is 0.0666 e. The van der Waals surface area contributed by atoms with Gasteiger partial charge in [-0.05, 0) is 12.5 Å². The summed E-state index contributed by atoms with van der Waals surface area (Å²) in [4.78, 5) is 0. The maximum atomic E-state index is 4.49. The van der Waals surface area contributed by atoms with Gasteiger partial charge in [-0.25, -0.2) is 0 Å². The Labute approximate surface area is 102 Å². The summed E-state index contributed by atoms with van der Waals surface area (Å²) in [6.45, 7) is 6.49. The van der Waals surface area contributed by atoms with Gasteiger partial charge in [0.25, 0.3) is 0 Å². The zero-order valence-electron chi connectivity index (χ0n) is 10.0. The van der Waals surface area contributed by atoms with Gasteiger partial charge in [0.1, 0.15) is 0 Å². The highest BCUT2D eigenvalue weighted by Gasteiger charge is 2.01. The molecule has 0 atom stereocenters. The Morgan fingerprint density at radius 3 is 2.76 bits per heavy atom. The largest absolute Gasteiger partial charge is 0.267 e. The summed E-state index contributed by atoms with van der Waals surface area (Å²) < 4.78 is 1.97. The number of hydrogen-bond donors (Lipinski definition) is 0. The maximum Gasteiger partial charge on any atom is 0.0666 e. The second-order valence-electron chi connectivity index (χ2n) is 3.95. The van der Waals surface area contributed by atoms with E-state index in [4.69, 9.17) is 0 Å². The van der Waals surface area contributed by atoms with E-state index in [2.05, 4.69) is 30.0 Å². The number of nitrogens with zero attached hydrogens (tertiary/aromatic N) is 2. The molecule has 0 saturated carbocycles. The van der Waals surface area contributed by atoms with Crippen LogP contribution in [0.25, 0.3) is 6.08 Å². The molecule has 0 N–H and O–H groups in total. The zero-order chi connectivity index (χ0) is 12.1. The third-order valence-electron chi connectivity index (χ3n) is 2.58. The van der Waals surface area contributed by atoms with Crippen molar-refractivity contribution >= 4 is 6.08 Å². The maximum absolute atomic E-state index is 4.49. The van der Waals surface area contributed by atoms with Crippen LogP contribution in [0.3, 0.4) is 0 Å². The molecule has 0 saturated heterocycles. The second kappa shape index (κ2) is 5.30. The highest BCUT2D eigenvalue weighted by atomic mass is 15.3. The molecule has 0 aliphatic heterocycles. The molecule has 0 spiro atoms. The van der Waals surface area contributed by atoms with E-state index in [0.29, 0.717) is 0 Å². The van der Waals surface area contributed by atoms with Gasteiger partial charge in [-0.3, -0.25) is 4.68 Å². The van der Waals surface area contributed by atoms with Crippen LogP contribution in [-0.2, 0) is 6.54 Å². The second-order valence-corrected chi connectivity index (χ2v) is 3.95. The molecule has 0 fully saturated rings. The highest BCUT2D eigenvalue weighted by Crippen LogP contribution is 2.10. The summed E-state index contributed by atoms with van der Waals surface area (Å²) in [5.74, 6) is 0. The first-order valence-electron chi connectivity index (χ1n) is 5.66. The van der Waals surface area contributed by atoms with E-state index < -0.39 is 0 Å². The lowest BCUT2D eigenvalue weighted by atomic mass is 10.2. The lowest BCUT2D eigenvalue weighted by Gasteiger charge is -2.00. The predicted molar refractivity (Wildman–Crippen MR) is 71.7 cm³/mol. The van der Waals surface area contributed by atoms with Crippen molar-refractivity contribution in [1.82, 2.24) is 9.78 Å². The van der Waals surface area contributed by atoms with Gasteiger partial charge in [-0.1, -0.05) is 55.1 Å². The Morgan fingerprint density at radius 2 is 2.06 bits per heavy atom. The molecule has 2 aromatic rings. The number of aromatic nitrogens is 2. The van der Waals surface area contributed by atoms with Crippen LogP contribution in [0.4, 0.5) is 0 Å². The van der Waals surface area contributed by atoms with Crippen LogP contribution in [0.15, 0.2) is 55.3 Å². The van der Waals surface area contributed by atoms with Crippen LogP contribution in [0.2, 0.25) is 0 Å². The molecule has 0 amide bonds. The quantitative estimate of drug-likeness (QED) is 0.727. The molecule has 0 aliphatic carbocycles. The van der Waals surface area contributed by atoms with Gasteiger partial charge < -0.3 is 0 Å². The number of hydrogen-bond acceptors (Lipinski definition) is 1. The topological polar surface area (TPSA) is 17.8 Å². The van der Waals surface area contributed by atoms with Gasteiger partial charge in [-0.15, -0.1) is 0 Å². The minimum atomic E-state index is 0.809. The van der Waals surface area contributed by atoms with Crippen LogP contribution in [0.5, 0.6) is 0 Å². The summed E-state index contributed by atoms with van der Waals surface area (Å²) in [5.41, 5.74) is 3.44. The average Bonchev–Trinajstić information content (AvgIpc) is 2.68. The van der Waals surface area contributed by atoms with Gasteiger partial charge >= 0.3 is 0 Å². The monoisotopic (exact) mass is 224 g/mol. The third kappa shape index (κ3) is 2.94. The van der Waals surface area contributed by atoms with Gasteiger partial charge in [-0.2, -0.15) is 5.10 Å². The van der Waals surface area contributed by atoms with Crippen LogP contribution < -0.4 is 0 Å².